The fourth-order valence-corrected chi connectivity index (χ4v) is 2.48. The normalized spacial score (nSPS) is 14.9. The van der Waals surface area contributed by atoms with Gasteiger partial charge in [0.2, 0.25) is 0 Å². The summed E-state index contributed by atoms with van der Waals surface area (Å²) in [7, 11) is 0. The molecule has 0 saturated carbocycles. The van der Waals surface area contributed by atoms with Gasteiger partial charge in [-0.2, -0.15) is 0 Å². The molecule has 0 unspecified atom stereocenters. The molecule has 1 rings (SSSR count). The van der Waals surface area contributed by atoms with Crippen molar-refractivity contribution in [2.75, 3.05) is 0 Å². The number of hydrogen-bond acceptors (Lipinski definition) is 3. The van der Waals surface area contributed by atoms with Gasteiger partial charge >= 0.3 is 0 Å². The third-order valence-electron chi connectivity index (χ3n) is 3.47. The van der Waals surface area contributed by atoms with Gasteiger partial charge in [-0.05, 0) is 30.2 Å². The van der Waals surface area contributed by atoms with Crippen LogP contribution >= 0.6 is 0 Å². The zero-order valence-electron chi connectivity index (χ0n) is 13.7. The van der Waals surface area contributed by atoms with Gasteiger partial charge in [0.25, 0.3) is 0 Å². The van der Waals surface area contributed by atoms with Gasteiger partial charge in [-0.3, -0.25) is 0 Å². The molecule has 0 aliphatic carbocycles. The summed E-state index contributed by atoms with van der Waals surface area (Å²) < 4.78 is 5.85. The van der Waals surface area contributed by atoms with Crippen molar-refractivity contribution in [1.29, 1.82) is 0 Å². The molecule has 0 spiro atoms. The molecule has 21 heavy (non-hydrogen) atoms. The highest BCUT2D eigenvalue weighted by Crippen LogP contribution is 2.20. The molecule has 0 heterocycles. The maximum atomic E-state index is 10.4. The zero-order valence-corrected chi connectivity index (χ0v) is 13.7. The Kier molecular flexibility index (Phi) is 7.94. The van der Waals surface area contributed by atoms with E-state index >= 15 is 0 Å². The van der Waals surface area contributed by atoms with Crippen LogP contribution in [0.4, 0.5) is 0 Å². The van der Waals surface area contributed by atoms with E-state index in [4.69, 9.17) is 4.74 Å². The number of aliphatic hydroxyl groups is 2. The minimum Gasteiger partial charge on any atom is -0.390 e. The van der Waals surface area contributed by atoms with Crippen molar-refractivity contribution in [3.63, 3.8) is 0 Å². The van der Waals surface area contributed by atoms with Gasteiger partial charge in [0.1, 0.15) is 6.10 Å². The average molecular weight is 294 g/mol. The fraction of sp³-hybridized carbons (Fsp3) is 0.667. The van der Waals surface area contributed by atoms with Crippen molar-refractivity contribution in [3.05, 3.63) is 35.9 Å². The Bertz CT molecular complexity index is 359. The number of rotatable bonds is 9. The highest BCUT2D eigenvalue weighted by molar-refractivity contribution is 5.13. The van der Waals surface area contributed by atoms with Gasteiger partial charge in [-0.25, -0.2) is 0 Å². The van der Waals surface area contributed by atoms with Crippen molar-refractivity contribution in [1.82, 2.24) is 0 Å². The lowest BCUT2D eigenvalue weighted by Crippen LogP contribution is -2.41. The first-order valence-electron chi connectivity index (χ1n) is 7.91. The van der Waals surface area contributed by atoms with Gasteiger partial charge < -0.3 is 14.9 Å². The SMILES string of the molecule is CC(C)C[C@@H](O)C(OCc1ccccc1)[C@H](O)CC(C)C. The Morgan fingerprint density at radius 3 is 1.76 bits per heavy atom. The van der Waals surface area contributed by atoms with Crippen LogP contribution in [-0.2, 0) is 11.3 Å². The maximum absolute atomic E-state index is 10.4. The van der Waals surface area contributed by atoms with Crippen molar-refractivity contribution in [3.8, 4) is 0 Å². The van der Waals surface area contributed by atoms with Gasteiger partial charge in [0.05, 0.1) is 18.8 Å². The number of benzene rings is 1. The summed E-state index contributed by atoms with van der Waals surface area (Å²) in [5.74, 6) is 0.739. The highest BCUT2D eigenvalue weighted by atomic mass is 16.5. The monoisotopic (exact) mass is 294 g/mol. The molecule has 0 radical (unpaired) electrons. The molecule has 120 valence electrons. The Balaban J connectivity index is 2.66. The van der Waals surface area contributed by atoms with Gasteiger partial charge in [0.15, 0.2) is 0 Å². The highest BCUT2D eigenvalue weighted by Gasteiger charge is 2.28. The Labute approximate surface area is 129 Å². The van der Waals surface area contributed by atoms with E-state index < -0.39 is 18.3 Å². The van der Waals surface area contributed by atoms with E-state index in [2.05, 4.69) is 27.7 Å². The van der Waals surface area contributed by atoms with Gasteiger partial charge in [-0.15, -0.1) is 0 Å². The van der Waals surface area contributed by atoms with Crippen LogP contribution in [0, 0.1) is 11.8 Å². The number of ether oxygens (including phenoxy) is 1. The van der Waals surface area contributed by atoms with Gasteiger partial charge in [0, 0.05) is 0 Å². The summed E-state index contributed by atoms with van der Waals surface area (Å²) in [5.41, 5.74) is 1.05. The lowest BCUT2D eigenvalue weighted by Gasteiger charge is -2.29. The summed E-state index contributed by atoms with van der Waals surface area (Å²) in [5, 5.41) is 20.7. The summed E-state index contributed by atoms with van der Waals surface area (Å²) in [6.07, 6.45) is -0.539. The summed E-state index contributed by atoms with van der Waals surface area (Å²) in [6, 6.07) is 9.86. The lowest BCUT2D eigenvalue weighted by atomic mass is 9.94. The first kappa shape index (κ1) is 18.1. The van der Waals surface area contributed by atoms with E-state index in [1.807, 2.05) is 30.3 Å². The van der Waals surface area contributed by atoms with E-state index in [1.165, 1.54) is 0 Å². The molecule has 0 bridgehead atoms. The molecule has 0 amide bonds. The predicted molar refractivity (Wildman–Crippen MR) is 85.9 cm³/mol. The molecule has 2 N–H and O–H groups in total. The minimum atomic E-state index is -0.637. The van der Waals surface area contributed by atoms with Crippen molar-refractivity contribution < 1.29 is 14.9 Å². The fourth-order valence-electron chi connectivity index (χ4n) is 2.48. The molecule has 3 heteroatoms. The molecule has 0 aromatic heterocycles. The summed E-state index contributed by atoms with van der Waals surface area (Å²) >= 11 is 0. The van der Waals surface area contributed by atoms with Crippen LogP contribution in [0.5, 0.6) is 0 Å². The van der Waals surface area contributed by atoms with Crippen LogP contribution in [0.15, 0.2) is 30.3 Å². The van der Waals surface area contributed by atoms with Crippen LogP contribution < -0.4 is 0 Å². The second-order valence-corrected chi connectivity index (χ2v) is 6.66. The van der Waals surface area contributed by atoms with Crippen LogP contribution in [0.3, 0.4) is 0 Å². The smallest absolute Gasteiger partial charge is 0.110 e. The molecule has 3 nitrogen and oxygen atoms in total. The van der Waals surface area contributed by atoms with E-state index in [9.17, 15) is 10.2 Å². The predicted octanol–water partition coefficient (Wildman–Crippen LogP) is 3.39. The lowest BCUT2D eigenvalue weighted by molar-refractivity contribution is -0.115. The van der Waals surface area contributed by atoms with E-state index in [0.29, 0.717) is 31.3 Å². The third kappa shape index (κ3) is 7.07. The molecular formula is C18H30O3. The molecule has 0 saturated heterocycles. The van der Waals surface area contributed by atoms with Crippen LogP contribution in [0.25, 0.3) is 0 Å². The molecule has 1 aromatic rings. The quantitative estimate of drug-likeness (QED) is 0.734. The zero-order chi connectivity index (χ0) is 15.8. The van der Waals surface area contributed by atoms with E-state index in [0.717, 1.165) is 5.56 Å². The first-order chi connectivity index (χ1) is 9.90. The van der Waals surface area contributed by atoms with Crippen LogP contribution in [0.2, 0.25) is 0 Å². The molecule has 0 aliphatic rings. The van der Waals surface area contributed by atoms with Gasteiger partial charge in [-0.1, -0.05) is 58.0 Å². The summed E-state index contributed by atoms with van der Waals surface area (Å²) in [4.78, 5) is 0. The van der Waals surface area contributed by atoms with Crippen molar-refractivity contribution >= 4 is 0 Å². The summed E-state index contributed by atoms with van der Waals surface area (Å²) in [6.45, 7) is 8.66. The Hall–Kier alpha value is -0.900. The molecule has 2 atom stereocenters. The molecule has 1 aromatic carbocycles. The van der Waals surface area contributed by atoms with Crippen molar-refractivity contribution in [2.24, 2.45) is 11.8 Å². The maximum Gasteiger partial charge on any atom is 0.110 e. The standard InChI is InChI=1S/C18H30O3/c1-13(2)10-16(19)18(17(20)11-14(3)4)21-12-15-8-6-5-7-9-15/h5-9,13-14,16-20H,10-12H2,1-4H3/t16-,17-/m1/s1. The van der Waals surface area contributed by atoms with Crippen LogP contribution in [-0.4, -0.2) is 28.5 Å². The molecule has 0 fully saturated rings. The minimum absolute atomic E-state index is 0.370. The Morgan fingerprint density at radius 1 is 0.857 bits per heavy atom. The van der Waals surface area contributed by atoms with Crippen molar-refractivity contribution in [2.45, 2.75) is 65.5 Å². The second-order valence-electron chi connectivity index (χ2n) is 6.66. The largest absolute Gasteiger partial charge is 0.390 e. The third-order valence-corrected chi connectivity index (χ3v) is 3.47. The molecular weight excluding hydrogens is 264 g/mol. The second kappa shape index (κ2) is 9.19. The Morgan fingerprint density at radius 2 is 1.33 bits per heavy atom. The van der Waals surface area contributed by atoms with Crippen LogP contribution in [0.1, 0.15) is 46.1 Å². The van der Waals surface area contributed by atoms with E-state index in [-0.39, 0.29) is 0 Å². The number of aliphatic hydroxyl groups excluding tert-OH is 2. The molecule has 0 aliphatic heterocycles. The first-order valence-corrected chi connectivity index (χ1v) is 7.91. The average Bonchev–Trinajstić information content (AvgIpc) is 2.38. The van der Waals surface area contributed by atoms with E-state index in [1.54, 1.807) is 0 Å². The number of hydrogen-bond donors (Lipinski definition) is 2. The topological polar surface area (TPSA) is 49.7 Å².